The molecule has 2 aromatic rings. The molecule has 0 saturated carbocycles. The molecule has 0 saturated heterocycles. The molecule has 6 heteroatoms. The molecule has 2 rings (SSSR count). The van der Waals surface area contributed by atoms with Crippen molar-refractivity contribution in [1.29, 1.82) is 0 Å². The predicted octanol–water partition coefficient (Wildman–Crippen LogP) is 3.64. The topological polar surface area (TPSA) is 82.9 Å². The highest BCUT2D eigenvalue weighted by molar-refractivity contribution is 6.00. The Morgan fingerprint density at radius 3 is 1.59 bits per heavy atom. The molecule has 0 aliphatic rings. The third-order valence-corrected chi connectivity index (χ3v) is 3.89. The number of hydrazone groups is 2. The van der Waals surface area contributed by atoms with Crippen LogP contribution in [-0.2, 0) is 9.59 Å². The Hall–Kier alpha value is -3.80. The lowest BCUT2D eigenvalue weighted by Gasteiger charge is -2.10. The van der Waals surface area contributed by atoms with E-state index in [0.29, 0.717) is 6.42 Å². The van der Waals surface area contributed by atoms with Crippen molar-refractivity contribution < 1.29 is 9.59 Å². The molecule has 0 spiro atoms. The number of amides is 2. The fourth-order valence-corrected chi connectivity index (χ4v) is 2.37. The monoisotopic (exact) mass is 388 g/mol. The molecular formula is C23H24N4O2. The van der Waals surface area contributed by atoms with Crippen LogP contribution >= 0.6 is 0 Å². The lowest BCUT2D eigenvalue weighted by molar-refractivity contribution is -0.135. The van der Waals surface area contributed by atoms with Gasteiger partial charge in [0.05, 0.1) is 0 Å². The number of nitrogens with one attached hydrogen (secondary N) is 2. The van der Waals surface area contributed by atoms with Gasteiger partial charge in [0.25, 0.3) is 11.8 Å². The lowest BCUT2D eigenvalue weighted by Crippen LogP contribution is -2.37. The highest BCUT2D eigenvalue weighted by atomic mass is 16.2. The number of hydrogen-bond acceptors (Lipinski definition) is 4. The van der Waals surface area contributed by atoms with Gasteiger partial charge in [0, 0.05) is 12.4 Å². The van der Waals surface area contributed by atoms with Gasteiger partial charge < -0.3 is 0 Å². The lowest BCUT2D eigenvalue weighted by atomic mass is 10.1. The second-order valence-electron chi connectivity index (χ2n) is 6.01. The Morgan fingerprint density at radius 1 is 0.793 bits per heavy atom. The molecule has 0 aliphatic heterocycles. The Balaban J connectivity index is 1.77. The third kappa shape index (κ3) is 8.17. The first kappa shape index (κ1) is 21.5. The van der Waals surface area contributed by atoms with Gasteiger partial charge in [0.1, 0.15) is 5.92 Å². The van der Waals surface area contributed by atoms with E-state index >= 15 is 0 Å². The summed E-state index contributed by atoms with van der Waals surface area (Å²) in [6.07, 6.45) is 10.4. The van der Waals surface area contributed by atoms with Crippen LogP contribution in [0, 0.1) is 5.92 Å². The molecular weight excluding hydrogens is 364 g/mol. The standard InChI is InChI=1S/C23H24N4O2/c1-2-21(22(28)26-24-17-9-15-19-11-5-3-6-12-19)23(29)27-25-18-10-16-20-13-7-4-8-14-20/h3-18,21H,2H2,1H3,(H,26,28)(H,27,29)/b15-9+,16-10+,24-17-,25-18-. The summed E-state index contributed by atoms with van der Waals surface area (Å²) in [5.74, 6) is -1.84. The van der Waals surface area contributed by atoms with Gasteiger partial charge in [-0.15, -0.1) is 0 Å². The summed E-state index contributed by atoms with van der Waals surface area (Å²) in [4.78, 5) is 24.3. The minimum Gasteiger partial charge on any atom is -0.272 e. The van der Waals surface area contributed by atoms with Crippen molar-refractivity contribution >= 4 is 36.4 Å². The average Bonchev–Trinajstić information content (AvgIpc) is 2.75. The molecule has 148 valence electrons. The number of allylic oxidation sites excluding steroid dienone is 2. The summed E-state index contributed by atoms with van der Waals surface area (Å²) < 4.78 is 0. The summed E-state index contributed by atoms with van der Waals surface area (Å²) in [6.45, 7) is 1.75. The molecule has 0 bridgehead atoms. The van der Waals surface area contributed by atoms with E-state index < -0.39 is 17.7 Å². The number of benzene rings is 2. The largest absolute Gasteiger partial charge is 0.272 e. The van der Waals surface area contributed by atoms with Crippen LogP contribution in [0.15, 0.2) is 83.0 Å². The van der Waals surface area contributed by atoms with E-state index in [2.05, 4.69) is 21.1 Å². The molecule has 29 heavy (non-hydrogen) atoms. The summed E-state index contributed by atoms with van der Waals surface area (Å²) in [7, 11) is 0. The van der Waals surface area contributed by atoms with Crippen LogP contribution in [0.4, 0.5) is 0 Å². The Bertz CT molecular complexity index is 814. The van der Waals surface area contributed by atoms with E-state index in [1.54, 1.807) is 19.1 Å². The molecule has 0 aromatic heterocycles. The van der Waals surface area contributed by atoms with Crippen molar-refractivity contribution in [2.24, 2.45) is 16.1 Å². The molecule has 0 aliphatic carbocycles. The van der Waals surface area contributed by atoms with Crippen LogP contribution in [0.1, 0.15) is 24.5 Å². The van der Waals surface area contributed by atoms with Crippen LogP contribution in [0.25, 0.3) is 12.2 Å². The highest BCUT2D eigenvalue weighted by Gasteiger charge is 2.24. The van der Waals surface area contributed by atoms with E-state index in [4.69, 9.17) is 0 Å². The Labute approximate surface area is 170 Å². The first-order valence-electron chi connectivity index (χ1n) is 9.30. The molecule has 0 atom stereocenters. The summed E-state index contributed by atoms with van der Waals surface area (Å²) in [5, 5.41) is 7.68. The van der Waals surface area contributed by atoms with Crippen molar-refractivity contribution in [1.82, 2.24) is 10.9 Å². The minimum atomic E-state index is -0.875. The number of carbonyl (C=O) groups excluding carboxylic acids is 2. The average molecular weight is 388 g/mol. The van der Waals surface area contributed by atoms with Gasteiger partial charge >= 0.3 is 0 Å². The quantitative estimate of drug-likeness (QED) is 0.390. The van der Waals surface area contributed by atoms with Crippen molar-refractivity contribution in [2.45, 2.75) is 13.3 Å². The second-order valence-corrected chi connectivity index (χ2v) is 6.01. The van der Waals surface area contributed by atoms with Gasteiger partial charge in [-0.2, -0.15) is 10.2 Å². The van der Waals surface area contributed by atoms with Crippen LogP contribution < -0.4 is 10.9 Å². The van der Waals surface area contributed by atoms with Crippen LogP contribution in [0.5, 0.6) is 0 Å². The van der Waals surface area contributed by atoms with E-state index in [-0.39, 0.29) is 0 Å². The van der Waals surface area contributed by atoms with Crippen molar-refractivity contribution in [3.05, 3.63) is 83.9 Å². The molecule has 6 nitrogen and oxygen atoms in total. The SMILES string of the molecule is CCC(C(=O)N/N=C\C=C\c1ccccc1)C(=O)N/N=C\C=C\c1ccccc1. The normalized spacial score (nSPS) is 11.8. The third-order valence-electron chi connectivity index (χ3n) is 3.89. The first-order chi connectivity index (χ1) is 14.2. The molecule has 2 aromatic carbocycles. The smallest absolute Gasteiger partial charge is 0.252 e. The van der Waals surface area contributed by atoms with E-state index in [0.717, 1.165) is 11.1 Å². The minimum absolute atomic E-state index is 0.336. The number of carbonyl (C=O) groups is 2. The number of rotatable bonds is 9. The van der Waals surface area contributed by atoms with Crippen molar-refractivity contribution in [3.8, 4) is 0 Å². The zero-order chi connectivity index (χ0) is 20.7. The van der Waals surface area contributed by atoms with Crippen LogP contribution in [0.3, 0.4) is 0 Å². The molecule has 0 fully saturated rings. The summed E-state index contributed by atoms with van der Waals surface area (Å²) in [6, 6.07) is 19.4. The Kier molecular flexibility index (Phi) is 9.31. The zero-order valence-corrected chi connectivity index (χ0v) is 16.2. The van der Waals surface area contributed by atoms with Crippen molar-refractivity contribution in [3.63, 3.8) is 0 Å². The fourth-order valence-electron chi connectivity index (χ4n) is 2.37. The maximum absolute atomic E-state index is 12.1. The van der Waals surface area contributed by atoms with Crippen LogP contribution in [-0.4, -0.2) is 24.2 Å². The van der Waals surface area contributed by atoms with E-state index in [1.807, 2.05) is 72.8 Å². The van der Waals surface area contributed by atoms with Gasteiger partial charge in [0.15, 0.2) is 0 Å². The molecule has 2 N–H and O–H groups in total. The van der Waals surface area contributed by atoms with Gasteiger partial charge in [0.2, 0.25) is 0 Å². The van der Waals surface area contributed by atoms with Gasteiger partial charge in [-0.3, -0.25) is 9.59 Å². The van der Waals surface area contributed by atoms with Gasteiger partial charge in [-0.1, -0.05) is 79.7 Å². The fraction of sp³-hybridized carbons (Fsp3) is 0.130. The molecule has 0 radical (unpaired) electrons. The first-order valence-corrected chi connectivity index (χ1v) is 9.30. The zero-order valence-electron chi connectivity index (χ0n) is 16.2. The van der Waals surface area contributed by atoms with Gasteiger partial charge in [-0.05, 0) is 29.7 Å². The summed E-state index contributed by atoms with van der Waals surface area (Å²) in [5.41, 5.74) is 6.80. The van der Waals surface area contributed by atoms with Crippen LogP contribution in [0.2, 0.25) is 0 Å². The van der Waals surface area contributed by atoms with E-state index in [1.165, 1.54) is 12.4 Å². The van der Waals surface area contributed by atoms with Gasteiger partial charge in [-0.25, -0.2) is 10.9 Å². The Morgan fingerprint density at radius 2 is 1.21 bits per heavy atom. The number of nitrogens with zero attached hydrogens (tertiary/aromatic N) is 2. The molecule has 2 amide bonds. The maximum Gasteiger partial charge on any atom is 0.252 e. The molecule has 0 heterocycles. The van der Waals surface area contributed by atoms with Crippen molar-refractivity contribution in [2.75, 3.05) is 0 Å². The second kappa shape index (κ2) is 12.6. The molecule has 0 unspecified atom stereocenters. The highest BCUT2D eigenvalue weighted by Crippen LogP contribution is 2.03. The summed E-state index contributed by atoms with van der Waals surface area (Å²) >= 11 is 0. The maximum atomic E-state index is 12.1. The number of hydrogen-bond donors (Lipinski definition) is 2. The predicted molar refractivity (Wildman–Crippen MR) is 118 cm³/mol. The van der Waals surface area contributed by atoms with E-state index in [9.17, 15) is 9.59 Å².